The molecule has 6 nitrogen and oxygen atoms in total. The van der Waals surface area contributed by atoms with Gasteiger partial charge in [0.15, 0.2) is 5.11 Å². The number of hydrogen-bond acceptors (Lipinski definition) is 3. The van der Waals surface area contributed by atoms with Crippen LogP contribution in [0.1, 0.15) is 32.6 Å². The zero-order valence-electron chi connectivity index (χ0n) is 13.6. The maximum Gasteiger partial charge on any atom is 0.344 e. The lowest BCUT2D eigenvalue weighted by atomic mass is 9.77. The van der Waals surface area contributed by atoms with Crippen LogP contribution < -0.4 is 16.1 Å². The summed E-state index contributed by atoms with van der Waals surface area (Å²) in [6.07, 6.45) is 3.00. The second-order valence-electron chi connectivity index (χ2n) is 6.53. The number of carbonyl (C=O) groups is 2. The number of imide groups is 1. The first-order valence-corrected chi connectivity index (χ1v) is 8.79. The zero-order valence-corrected chi connectivity index (χ0v) is 15.1. The van der Waals surface area contributed by atoms with Crippen LogP contribution in [0.25, 0.3) is 0 Å². The Labute approximate surface area is 155 Å². The molecule has 1 aliphatic heterocycles. The number of hydrogen-bond donors (Lipinski definition) is 3. The summed E-state index contributed by atoms with van der Waals surface area (Å²) in [5, 5.41) is 6.44. The molecule has 2 fully saturated rings. The van der Waals surface area contributed by atoms with Crippen molar-refractivity contribution in [2.75, 3.05) is 5.32 Å². The highest BCUT2D eigenvalue weighted by molar-refractivity contribution is 7.80. The molecule has 0 aromatic heterocycles. The Morgan fingerprint density at radius 3 is 2.72 bits per heavy atom. The van der Waals surface area contributed by atoms with Crippen molar-refractivity contribution in [3.8, 4) is 0 Å². The molecule has 3 rings (SSSR count). The third-order valence-electron chi connectivity index (χ3n) is 4.68. The first-order valence-electron chi connectivity index (χ1n) is 8.00. The summed E-state index contributed by atoms with van der Waals surface area (Å²) in [5.41, 5.74) is 2.20. The average Bonchev–Trinajstić information content (AvgIpc) is 2.78. The fraction of sp³-hybridized carbons (Fsp3) is 0.438. The number of nitrogens with zero attached hydrogens (tertiary/aromatic N) is 1. The van der Waals surface area contributed by atoms with Gasteiger partial charge in [-0.05, 0) is 62.0 Å². The van der Waals surface area contributed by atoms with Crippen LogP contribution in [-0.2, 0) is 4.79 Å². The van der Waals surface area contributed by atoms with Crippen LogP contribution in [0.4, 0.5) is 14.9 Å². The minimum atomic E-state index is -0.842. The molecule has 1 aromatic carbocycles. The maximum atomic E-state index is 13.2. The Bertz CT molecular complexity index is 737. The molecule has 1 aliphatic carbocycles. The Kier molecular flexibility index (Phi) is 4.83. The summed E-state index contributed by atoms with van der Waals surface area (Å²) in [5.74, 6) is -0.331. The molecule has 1 spiro atoms. The van der Waals surface area contributed by atoms with E-state index in [1.54, 1.807) is 0 Å². The van der Waals surface area contributed by atoms with Gasteiger partial charge in [-0.25, -0.2) is 9.18 Å². The van der Waals surface area contributed by atoms with E-state index in [1.807, 2.05) is 0 Å². The summed E-state index contributed by atoms with van der Waals surface area (Å²) in [6.45, 7) is 2.14. The molecular formula is C16H18ClFN4O2S. The number of nitrogens with one attached hydrogen (secondary N) is 3. The zero-order chi connectivity index (χ0) is 18.2. The van der Waals surface area contributed by atoms with Crippen LogP contribution in [0.2, 0.25) is 5.02 Å². The molecule has 0 atom stereocenters. The lowest BCUT2D eigenvalue weighted by molar-refractivity contribution is -0.133. The minimum Gasteiger partial charge on any atom is -0.331 e. The van der Waals surface area contributed by atoms with Gasteiger partial charge >= 0.3 is 6.03 Å². The molecule has 1 heterocycles. The van der Waals surface area contributed by atoms with E-state index < -0.39 is 17.4 Å². The summed E-state index contributed by atoms with van der Waals surface area (Å²) >= 11 is 10.8. The van der Waals surface area contributed by atoms with E-state index in [-0.39, 0.29) is 16.0 Å². The molecular weight excluding hydrogens is 367 g/mol. The van der Waals surface area contributed by atoms with Gasteiger partial charge in [0.1, 0.15) is 11.4 Å². The Morgan fingerprint density at radius 1 is 1.40 bits per heavy atom. The van der Waals surface area contributed by atoms with Gasteiger partial charge in [0.05, 0.1) is 5.02 Å². The van der Waals surface area contributed by atoms with Gasteiger partial charge in [-0.1, -0.05) is 18.5 Å². The molecule has 2 aliphatic rings. The largest absolute Gasteiger partial charge is 0.344 e. The van der Waals surface area contributed by atoms with Crippen molar-refractivity contribution in [2.24, 2.45) is 5.92 Å². The molecule has 0 unspecified atom stereocenters. The van der Waals surface area contributed by atoms with Crippen molar-refractivity contribution in [3.63, 3.8) is 0 Å². The Balaban J connectivity index is 1.66. The molecule has 3 amide bonds. The quantitative estimate of drug-likeness (QED) is 0.539. The highest BCUT2D eigenvalue weighted by Crippen LogP contribution is 2.35. The molecule has 0 bridgehead atoms. The maximum absolute atomic E-state index is 13.2. The van der Waals surface area contributed by atoms with E-state index >= 15 is 0 Å². The van der Waals surface area contributed by atoms with E-state index in [0.717, 1.165) is 17.9 Å². The summed E-state index contributed by atoms with van der Waals surface area (Å²) in [7, 11) is 0. The fourth-order valence-electron chi connectivity index (χ4n) is 3.15. The van der Waals surface area contributed by atoms with Crippen LogP contribution in [0, 0.1) is 11.7 Å². The summed E-state index contributed by atoms with van der Waals surface area (Å²) in [6, 6.07) is 3.48. The van der Waals surface area contributed by atoms with Crippen LogP contribution >= 0.6 is 23.8 Å². The molecule has 134 valence electrons. The van der Waals surface area contributed by atoms with E-state index in [9.17, 15) is 14.0 Å². The summed E-state index contributed by atoms with van der Waals surface area (Å²) in [4.78, 5) is 24.9. The number of thiocarbonyl (C=S) groups is 1. The van der Waals surface area contributed by atoms with Gasteiger partial charge < -0.3 is 10.6 Å². The van der Waals surface area contributed by atoms with Crippen molar-refractivity contribution < 1.29 is 14.0 Å². The Hall–Kier alpha value is -1.93. The van der Waals surface area contributed by atoms with Crippen molar-refractivity contribution >= 4 is 46.6 Å². The van der Waals surface area contributed by atoms with E-state index in [1.165, 1.54) is 18.2 Å². The molecule has 1 saturated carbocycles. The van der Waals surface area contributed by atoms with Crippen LogP contribution in [0.5, 0.6) is 0 Å². The first kappa shape index (κ1) is 17.9. The number of urea groups is 1. The van der Waals surface area contributed by atoms with Crippen molar-refractivity contribution in [1.29, 1.82) is 0 Å². The molecule has 9 heteroatoms. The van der Waals surface area contributed by atoms with Gasteiger partial charge in [0, 0.05) is 5.69 Å². The van der Waals surface area contributed by atoms with Gasteiger partial charge in [0.2, 0.25) is 0 Å². The van der Waals surface area contributed by atoms with Gasteiger partial charge in [-0.15, -0.1) is 0 Å². The first-order chi connectivity index (χ1) is 11.8. The minimum absolute atomic E-state index is 0.0346. The van der Waals surface area contributed by atoms with E-state index in [4.69, 9.17) is 23.8 Å². The van der Waals surface area contributed by atoms with Crippen LogP contribution in [0.3, 0.4) is 0 Å². The number of hydrazine groups is 1. The highest BCUT2D eigenvalue weighted by Gasteiger charge is 2.52. The van der Waals surface area contributed by atoms with E-state index in [0.29, 0.717) is 24.4 Å². The van der Waals surface area contributed by atoms with Gasteiger partial charge in [-0.2, -0.15) is 5.01 Å². The topological polar surface area (TPSA) is 73.5 Å². The SMILES string of the molecule is CC1CCC2(CC1)NC(=O)N(NC(=S)Nc1ccc(F)c(Cl)c1)C2=O. The average molecular weight is 385 g/mol. The second kappa shape index (κ2) is 6.76. The number of anilines is 1. The molecule has 3 N–H and O–H groups in total. The van der Waals surface area contributed by atoms with Crippen molar-refractivity contribution in [2.45, 2.75) is 38.1 Å². The van der Waals surface area contributed by atoms with Crippen molar-refractivity contribution in [1.82, 2.24) is 15.8 Å². The van der Waals surface area contributed by atoms with Crippen LogP contribution in [-0.4, -0.2) is 27.6 Å². The molecule has 1 saturated heterocycles. The molecule has 0 radical (unpaired) electrons. The third kappa shape index (κ3) is 3.55. The van der Waals surface area contributed by atoms with E-state index in [2.05, 4.69) is 23.0 Å². The van der Waals surface area contributed by atoms with Crippen molar-refractivity contribution in [3.05, 3.63) is 29.0 Å². The predicted molar refractivity (Wildman–Crippen MR) is 96.5 cm³/mol. The van der Waals surface area contributed by atoms with Crippen LogP contribution in [0.15, 0.2) is 18.2 Å². The number of rotatable bonds is 2. The van der Waals surface area contributed by atoms with Gasteiger partial charge in [0.25, 0.3) is 5.91 Å². The highest BCUT2D eigenvalue weighted by atomic mass is 35.5. The number of benzene rings is 1. The molecule has 25 heavy (non-hydrogen) atoms. The summed E-state index contributed by atoms with van der Waals surface area (Å²) < 4.78 is 13.2. The predicted octanol–water partition coefficient (Wildman–Crippen LogP) is 3.18. The number of halogens is 2. The smallest absolute Gasteiger partial charge is 0.331 e. The molecule has 1 aromatic rings. The van der Waals surface area contributed by atoms with Gasteiger partial charge in [-0.3, -0.25) is 10.2 Å². The fourth-order valence-corrected chi connectivity index (χ4v) is 3.54. The number of carbonyl (C=O) groups excluding carboxylic acids is 2. The normalized spacial score (nSPS) is 25.9. The lowest BCUT2D eigenvalue weighted by Crippen LogP contribution is -2.52. The Morgan fingerprint density at radius 2 is 2.08 bits per heavy atom. The standard InChI is InChI=1S/C16H18ClFN4O2S/c1-9-4-6-16(7-5-9)13(23)22(15(24)20-16)21-14(25)19-10-2-3-12(18)11(17)8-10/h2-3,8-9H,4-7H2,1H3,(H,20,24)(H2,19,21,25). The monoisotopic (exact) mass is 384 g/mol. The lowest BCUT2D eigenvalue weighted by Gasteiger charge is -2.33. The second-order valence-corrected chi connectivity index (χ2v) is 7.35. The third-order valence-corrected chi connectivity index (χ3v) is 5.16. The number of amides is 3.